The van der Waals surface area contributed by atoms with Crippen LogP contribution >= 0.6 is 11.6 Å². The third-order valence-electron chi connectivity index (χ3n) is 4.18. The summed E-state index contributed by atoms with van der Waals surface area (Å²) < 4.78 is 26.5. The van der Waals surface area contributed by atoms with Gasteiger partial charge in [0.2, 0.25) is 0 Å². The minimum Gasteiger partial charge on any atom is -0.322 e. The van der Waals surface area contributed by atoms with E-state index in [2.05, 4.69) is 10.2 Å². The standard InChI is InChI=1S/C18H18ClF2N3O/c19-15-4-2-1-3-13(15)12-23-7-9-24(10-8-23)18(25)22-17-6-5-14(20)11-16(17)21/h1-6,11H,7-10,12H2,(H,22,25). The van der Waals surface area contributed by atoms with Crippen LogP contribution in [-0.2, 0) is 6.54 Å². The summed E-state index contributed by atoms with van der Waals surface area (Å²) in [4.78, 5) is 16.1. The first-order valence-electron chi connectivity index (χ1n) is 7.99. The van der Waals surface area contributed by atoms with Crippen LogP contribution in [-0.4, -0.2) is 42.0 Å². The molecule has 0 radical (unpaired) electrons. The Labute approximate surface area is 150 Å². The van der Waals surface area contributed by atoms with Gasteiger partial charge in [-0.2, -0.15) is 0 Å². The summed E-state index contributed by atoms with van der Waals surface area (Å²) in [6.45, 7) is 3.18. The van der Waals surface area contributed by atoms with Crippen LogP contribution in [0, 0.1) is 11.6 Å². The van der Waals surface area contributed by atoms with Crippen LogP contribution in [0.2, 0.25) is 5.02 Å². The van der Waals surface area contributed by atoms with E-state index in [-0.39, 0.29) is 11.7 Å². The van der Waals surface area contributed by atoms with Crippen LogP contribution in [0.25, 0.3) is 0 Å². The minimum absolute atomic E-state index is 0.0232. The summed E-state index contributed by atoms with van der Waals surface area (Å²) in [6, 6.07) is 10.4. The monoisotopic (exact) mass is 365 g/mol. The van der Waals surface area contributed by atoms with Crippen molar-refractivity contribution in [2.45, 2.75) is 6.54 Å². The quantitative estimate of drug-likeness (QED) is 0.893. The van der Waals surface area contributed by atoms with Gasteiger partial charge in [-0.05, 0) is 23.8 Å². The second kappa shape index (κ2) is 7.80. The molecule has 0 atom stereocenters. The van der Waals surface area contributed by atoms with E-state index >= 15 is 0 Å². The molecule has 2 amide bonds. The van der Waals surface area contributed by atoms with E-state index in [0.717, 1.165) is 29.3 Å². The molecule has 0 aromatic heterocycles. The largest absolute Gasteiger partial charge is 0.322 e. The Morgan fingerprint density at radius 3 is 2.48 bits per heavy atom. The molecular weight excluding hydrogens is 348 g/mol. The number of piperazine rings is 1. The van der Waals surface area contributed by atoms with Crippen molar-refractivity contribution in [3.05, 3.63) is 64.7 Å². The molecule has 1 saturated heterocycles. The predicted molar refractivity (Wildman–Crippen MR) is 93.7 cm³/mol. The van der Waals surface area contributed by atoms with E-state index in [4.69, 9.17) is 11.6 Å². The summed E-state index contributed by atoms with van der Waals surface area (Å²) in [5.74, 6) is -1.46. The van der Waals surface area contributed by atoms with E-state index in [9.17, 15) is 13.6 Å². The second-order valence-electron chi connectivity index (χ2n) is 5.91. The number of halogens is 3. The number of amides is 2. The highest BCUT2D eigenvalue weighted by atomic mass is 35.5. The molecule has 0 spiro atoms. The molecule has 7 heteroatoms. The summed E-state index contributed by atoms with van der Waals surface area (Å²) >= 11 is 6.18. The maximum Gasteiger partial charge on any atom is 0.322 e. The van der Waals surface area contributed by atoms with Gasteiger partial charge in [-0.3, -0.25) is 4.90 Å². The Morgan fingerprint density at radius 2 is 1.80 bits per heavy atom. The van der Waals surface area contributed by atoms with Gasteiger partial charge in [0.05, 0.1) is 5.69 Å². The molecule has 1 aliphatic rings. The lowest BCUT2D eigenvalue weighted by Crippen LogP contribution is -2.49. The van der Waals surface area contributed by atoms with Crippen molar-refractivity contribution < 1.29 is 13.6 Å². The van der Waals surface area contributed by atoms with Gasteiger partial charge < -0.3 is 10.2 Å². The molecule has 3 rings (SSSR count). The number of carbonyl (C=O) groups excluding carboxylic acids is 1. The Hall–Kier alpha value is -2.18. The second-order valence-corrected chi connectivity index (χ2v) is 6.32. The maximum absolute atomic E-state index is 13.6. The number of anilines is 1. The van der Waals surface area contributed by atoms with Crippen molar-refractivity contribution in [1.82, 2.24) is 9.80 Å². The summed E-state index contributed by atoms with van der Waals surface area (Å²) in [5.41, 5.74) is 1.03. The molecule has 132 valence electrons. The number of hydrogen-bond acceptors (Lipinski definition) is 2. The molecule has 0 unspecified atom stereocenters. The van der Waals surface area contributed by atoms with Crippen LogP contribution < -0.4 is 5.32 Å². The van der Waals surface area contributed by atoms with Crippen LogP contribution in [0.4, 0.5) is 19.3 Å². The number of rotatable bonds is 3. The first kappa shape index (κ1) is 17.6. The Bertz CT molecular complexity index is 764. The Kier molecular flexibility index (Phi) is 5.50. The van der Waals surface area contributed by atoms with Crippen molar-refractivity contribution in [1.29, 1.82) is 0 Å². The highest BCUT2D eigenvalue weighted by Gasteiger charge is 2.22. The predicted octanol–water partition coefficient (Wildman–Crippen LogP) is 3.97. The van der Waals surface area contributed by atoms with E-state index in [0.29, 0.717) is 26.2 Å². The number of nitrogens with one attached hydrogen (secondary N) is 1. The summed E-state index contributed by atoms with van der Waals surface area (Å²) in [7, 11) is 0. The van der Waals surface area contributed by atoms with Gasteiger partial charge >= 0.3 is 6.03 Å². The number of hydrogen-bond donors (Lipinski definition) is 1. The van der Waals surface area contributed by atoms with Crippen LogP contribution in [0.1, 0.15) is 5.56 Å². The van der Waals surface area contributed by atoms with E-state index in [1.165, 1.54) is 6.07 Å². The van der Waals surface area contributed by atoms with Crippen molar-refractivity contribution in [3.63, 3.8) is 0 Å². The van der Waals surface area contributed by atoms with Crippen molar-refractivity contribution in [3.8, 4) is 0 Å². The molecule has 1 heterocycles. The first-order valence-corrected chi connectivity index (χ1v) is 8.37. The average Bonchev–Trinajstić information content (AvgIpc) is 2.60. The van der Waals surface area contributed by atoms with E-state index in [1.54, 1.807) is 4.90 Å². The van der Waals surface area contributed by atoms with Gasteiger partial charge in [0.1, 0.15) is 11.6 Å². The summed E-state index contributed by atoms with van der Waals surface area (Å²) in [5, 5.41) is 3.22. The fourth-order valence-electron chi connectivity index (χ4n) is 2.76. The normalized spacial score (nSPS) is 15.2. The number of nitrogens with zero attached hydrogens (tertiary/aromatic N) is 2. The zero-order valence-corrected chi connectivity index (χ0v) is 14.3. The average molecular weight is 366 g/mol. The lowest BCUT2D eigenvalue weighted by molar-refractivity contribution is 0.143. The van der Waals surface area contributed by atoms with Gasteiger partial charge in [-0.1, -0.05) is 29.8 Å². The molecule has 0 aliphatic carbocycles. The van der Waals surface area contributed by atoms with Crippen LogP contribution in [0.5, 0.6) is 0 Å². The molecular formula is C18H18ClF2N3O. The number of carbonyl (C=O) groups is 1. The number of benzene rings is 2. The van der Waals surface area contributed by atoms with Crippen LogP contribution in [0.3, 0.4) is 0 Å². The highest BCUT2D eigenvalue weighted by molar-refractivity contribution is 6.31. The van der Waals surface area contributed by atoms with Gasteiger partial charge in [0, 0.05) is 43.8 Å². The summed E-state index contributed by atoms with van der Waals surface area (Å²) in [6.07, 6.45) is 0. The van der Waals surface area contributed by atoms with Crippen molar-refractivity contribution in [2.75, 3.05) is 31.5 Å². The molecule has 0 saturated carbocycles. The Balaban J connectivity index is 1.53. The SMILES string of the molecule is O=C(Nc1ccc(F)cc1F)N1CCN(Cc2ccccc2Cl)CC1. The third-order valence-corrected chi connectivity index (χ3v) is 4.55. The molecule has 1 N–H and O–H groups in total. The fraction of sp³-hybridized carbons (Fsp3) is 0.278. The minimum atomic E-state index is -0.786. The zero-order valence-electron chi connectivity index (χ0n) is 13.5. The van der Waals surface area contributed by atoms with Crippen molar-refractivity contribution >= 4 is 23.3 Å². The van der Waals surface area contributed by atoms with Gasteiger partial charge in [-0.25, -0.2) is 13.6 Å². The highest BCUT2D eigenvalue weighted by Crippen LogP contribution is 2.19. The van der Waals surface area contributed by atoms with Gasteiger partial charge in [-0.15, -0.1) is 0 Å². The molecule has 4 nitrogen and oxygen atoms in total. The lowest BCUT2D eigenvalue weighted by atomic mass is 10.2. The van der Waals surface area contributed by atoms with E-state index < -0.39 is 11.6 Å². The molecule has 1 fully saturated rings. The maximum atomic E-state index is 13.6. The zero-order chi connectivity index (χ0) is 17.8. The molecule has 2 aromatic rings. The van der Waals surface area contributed by atoms with Crippen molar-refractivity contribution in [2.24, 2.45) is 0 Å². The fourth-order valence-corrected chi connectivity index (χ4v) is 2.96. The van der Waals surface area contributed by atoms with Gasteiger partial charge in [0.15, 0.2) is 0 Å². The smallest absolute Gasteiger partial charge is 0.322 e. The van der Waals surface area contributed by atoms with Gasteiger partial charge in [0.25, 0.3) is 0 Å². The first-order chi connectivity index (χ1) is 12.0. The molecule has 0 bridgehead atoms. The third kappa shape index (κ3) is 4.46. The van der Waals surface area contributed by atoms with Crippen LogP contribution in [0.15, 0.2) is 42.5 Å². The topological polar surface area (TPSA) is 35.6 Å². The lowest BCUT2D eigenvalue weighted by Gasteiger charge is -2.34. The molecule has 1 aliphatic heterocycles. The molecule has 2 aromatic carbocycles. The molecule has 25 heavy (non-hydrogen) atoms. The number of urea groups is 1. The Morgan fingerprint density at radius 1 is 1.08 bits per heavy atom. The van der Waals surface area contributed by atoms with E-state index in [1.807, 2.05) is 24.3 Å².